The SMILES string of the molecule is CC(C)[C@H](N)c1n[nH]c(COc2ccc(C(C)(C)C)cc2)n1. The maximum Gasteiger partial charge on any atom is 0.167 e. The number of aromatic nitrogens is 3. The molecule has 0 unspecified atom stereocenters. The highest BCUT2D eigenvalue weighted by molar-refractivity contribution is 5.31. The van der Waals surface area contributed by atoms with Gasteiger partial charge < -0.3 is 10.5 Å². The highest BCUT2D eigenvalue weighted by Crippen LogP contribution is 2.24. The molecule has 0 saturated heterocycles. The summed E-state index contributed by atoms with van der Waals surface area (Å²) in [5, 5.41) is 7.04. The number of nitrogens with two attached hydrogens (primary N) is 1. The third-order valence-electron chi connectivity index (χ3n) is 3.66. The molecule has 0 spiro atoms. The zero-order chi connectivity index (χ0) is 16.3. The van der Waals surface area contributed by atoms with Crippen molar-refractivity contribution < 1.29 is 4.74 Å². The van der Waals surface area contributed by atoms with Gasteiger partial charge in [-0.2, -0.15) is 5.10 Å². The number of aromatic amines is 1. The Kier molecular flexibility index (Phi) is 4.86. The van der Waals surface area contributed by atoms with Gasteiger partial charge in [-0.3, -0.25) is 5.10 Å². The van der Waals surface area contributed by atoms with Crippen molar-refractivity contribution in [2.45, 2.75) is 52.7 Å². The lowest BCUT2D eigenvalue weighted by Gasteiger charge is -2.19. The fraction of sp³-hybridized carbons (Fsp3) is 0.529. The van der Waals surface area contributed by atoms with Gasteiger partial charge in [-0.05, 0) is 29.0 Å². The molecule has 1 atom stereocenters. The Labute approximate surface area is 132 Å². The van der Waals surface area contributed by atoms with Gasteiger partial charge >= 0.3 is 0 Å². The van der Waals surface area contributed by atoms with Crippen LogP contribution in [-0.4, -0.2) is 15.2 Å². The standard InChI is InChI=1S/C17H26N4O/c1-11(2)15(18)16-19-14(20-21-16)10-22-13-8-6-12(7-9-13)17(3,4)5/h6-9,11,15H,10,18H2,1-5H3,(H,19,20,21)/t15-/m0/s1. The Morgan fingerprint density at radius 3 is 2.36 bits per heavy atom. The quantitative estimate of drug-likeness (QED) is 0.888. The van der Waals surface area contributed by atoms with Crippen molar-refractivity contribution in [2.24, 2.45) is 11.7 Å². The van der Waals surface area contributed by atoms with Gasteiger partial charge in [0.05, 0.1) is 6.04 Å². The van der Waals surface area contributed by atoms with Crippen LogP contribution >= 0.6 is 0 Å². The van der Waals surface area contributed by atoms with Crippen molar-refractivity contribution in [3.63, 3.8) is 0 Å². The van der Waals surface area contributed by atoms with E-state index in [0.717, 1.165) is 5.75 Å². The minimum Gasteiger partial charge on any atom is -0.486 e. The van der Waals surface area contributed by atoms with Crippen LogP contribution in [0.2, 0.25) is 0 Å². The van der Waals surface area contributed by atoms with Crippen LogP contribution in [0.4, 0.5) is 0 Å². The van der Waals surface area contributed by atoms with Gasteiger partial charge in [-0.1, -0.05) is 46.8 Å². The fourth-order valence-corrected chi connectivity index (χ4v) is 2.02. The molecule has 1 aromatic heterocycles. The first-order chi connectivity index (χ1) is 10.3. The Balaban J connectivity index is 1.96. The molecule has 3 N–H and O–H groups in total. The molecule has 0 bridgehead atoms. The van der Waals surface area contributed by atoms with Crippen molar-refractivity contribution >= 4 is 0 Å². The molecule has 0 aliphatic heterocycles. The molecule has 120 valence electrons. The van der Waals surface area contributed by atoms with Gasteiger partial charge in [0.15, 0.2) is 11.6 Å². The average molecular weight is 302 g/mol. The predicted molar refractivity (Wildman–Crippen MR) is 87.6 cm³/mol. The minimum atomic E-state index is -0.156. The van der Waals surface area contributed by atoms with Crippen LogP contribution < -0.4 is 10.5 Å². The van der Waals surface area contributed by atoms with E-state index in [2.05, 4.69) is 48.1 Å². The molecule has 22 heavy (non-hydrogen) atoms. The zero-order valence-corrected chi connectivity index (χ0v) is 14.1. The van der Waals surface area contributed by atoms with Crippen molar-refractivity contribution in [1.29, 1.82) is 0 Å². The second-order valence-corrected chi connectivity index (χ2v) is 6.97. The summed E-state index contributed by atoms with van der Waals surface area (Å²) in [6, 6.07) is 8.00. The largest absolute Gasteiger partial charge is 0.486 e. The van der Waals surface area contributed by atoms with E-state index >= 15 is 0 Å². The summed E-state index contributed by atoms with van der Waals surface area (Å²) in [5.74, 6) is 2.44. The summed E-state index contributed by atoms with van der Waals surface area (Å²) in [5.41, 5.74) is 7.46. The van der Waals surface area contributed by atoms with E-state index in [-0.39, 0.29) is 11.5 Å². The van der Waals surface area contributed by atoms with Gasteiger partial charge in [-0.15, -0.1) is 0 Å². The van der Waals surface area contributed by atoms with Crippen molar-refractivity contribution in [3.05, 3.63) is 41.5 Å². The predicted octanol–water partition coefficient (Wildman–Crippen LogP) is 3.34. The summed E-state index contributed by atoms with van der Waals surface area (Å²) >= 11 is 0. The van der Waals surface area contributed by atoms with Crippen LogP contribution in [0.15, 0.2) is 24.3 Å². The first-order valence-corrected chi connectivity index (χ1v) is 7.67. The maximum absolute atomic E-state index is 6.03. The smallest absolute Gasteiger partial charge is 0.167 e. The number of hydrogen-bond acceptors (Lipinski definition) is 4. The van der Waals surface area contributed by atoms with Gasteiger partial charge in [0.2, 0.25) is 0 Å². The van der Waals surface area contributed by atoms with Crippen LogP contribution in [0.3, 0.4) is 0 Å². The third-order valence-corrected chi connectivity index (χ3v) is 3.66. The normalized spacial score (nSPS) is 13.4. The number of H-pyrrole nitrogens is 1. The van der Waals surface area contributed by atoms with E-state index < -0.39 is 0 Å². The summed E-state index contributed by atoms with van der Waals surface area (Å²) in [6.07, 6.45) is 0. The molecule has 0 saturated carbocycles. The molecule has 5 nitrogen and oxygen atoms in total. The van der Waals surface area contributed by atoms with E-state index in [1.807, 2.05) is 26.0 Å². The highest BCUT2D eigenvalue weighted by Gasteiger charge is 2.16. The van der Waals surface area contributed by atoms with Crippen molar-refractivity contribution in [3.8, 4) is 5.75 Å². The van der Waals surface area contributed by atoms with Crippen LogP contribution in [0, 0.1) is 5.92 Å². The summed E-state index contributed by atoms with van der Waals surface area (Å²) in [4.78, 5) is 4.39. The molecule has 2 rings (SSSR count). The molecule has 1 heterocycles. The van der Waals surface area contributed by atoms with E-state index in [1.165, 1.54) is 5.56 Å². The van der Waals surface area contributed by atoms with Crippen molar-refractivity contribution in [1.82, 2.24) is 15.2 Å². The highest BCUT2D eigenvalue weighted by atomic mass is 16.5. The summed E-state index contributed by atoms with van der Waals surface area (Å²) in [7, 11) is 0. The van der Waals surface area contributed by atoms with Gasteiger partial charge in [0.1, 0.15) is 12.4 Å². The molecule has 0 fully saturated rings. The van der Waals surface area contributed by atoms with Gasteiger partial charge in [0, 0.05) is 0 Å². The minimum absolute atomic E-state index is 0.144. The molecule has 1 aromatic carbocycles. The molecule has 2 aromatic rings. The Morgan fingerprint density at radius 2 is 1.82 bits per heavy atom. The molecular weight excluding hydrogens is 276 g/mol. The lowest BCUT2D eigenvalue weighted by molar-refractivity contribution is 0.296. The molecule has 0 aliphatic carbocycles. The number of nitrogens with one attached hydrogen (secondary N) is 1. The summed E-state index contributed by atoms with van der Waals surface area (Å²) in [6.45, 7) is 11.0. The van der Waals surface area contributed by atoms with E-state index in [4.69, 9.17) is 10.5 Å². The number of benzene rings is 1. The van der Waals surface area contributed by atoms with Gasteiger partial charge in [-0.25, -0.2) is 4.98 Å². The first kappa shape index (κ1) is 16.5. The topological polar surface area (TPSA) is 76.8 Å². The first-order valence-electron chi connectivity index (χ1n) is 7.67. The third kappa shape index (κ3) is 4.07. The average Bonchev–Trinajstić information content (AvgIpc) is 2.92. The van der Waals surface area contributed by atoms with Crippen LogP contribution in [0.25, 0.3) is 0 Å². The zero-order valence-electron chi connectivity index (χ0n) is 14.1. The van der Waals surface area contributed by atoms with E-state index in [1.54, 1.807) is 0 Å². The van der Waals surface area contributed by atoms with E-state index in [0.29, 0.717) is 24.2 Å². The number of rotatable bonds is 5. The summed E-state index contributed by atoms with van der Waals surface area (Å²) < 4.78 is 5.74. The number of ether oxygens (including phenoxy) is 1. The Morgan fingerprint density at radius 1 is 1.18 bits per heavy atom. The van der Waals surface area contributed by atoms with Gasteiger partial charge in [0.25, 0.3) is 0 Å². The lowest BCUT2D eigenvalue weighted by Crippen LogP contribution is -2.18. The maximum atomic E-state index is 6.03. The molecular formula is C17H26N4O. The second kappa shape index (κ2) is 6.48. The monoisotopic (exact) mass is 302 g/mol. The van der Waals surface area contributed by atoms with Crippen LogP contribution in [0.1, 0.15) is 57.9 Å². The molecule has 0 amide bonds. The Hall–Kier alpha value is -1.88. The lowest BCUT2D eigenvalue weighted by atomic mass is 9.87. The molecule has 5 heteroatoms. The van der Waals surface area contributed by atoms with Crippen LogP contribution in [-0.2, 0) is 12.0 Å². The van der Waals surface area contributed by atoms with Crippen molar-refractivity contribution in [2.75, 3.05) is 0 Å². The fourth-order valence-electron chi connectivity index (χ4n) is 2.02. The second-order valence-electron chi connectivity index (χ2n) is 6.97. The molecule has 0 aliphatic rings. The Bertz CT molecular complexity index is 596. The van der Waals surface area contributed by atoms with E-state index in [9.17, 15) is 0 Å². The molecule has 0 radical (unpaired) electrons. The number of hydrogen-bond donors (Lipinski definition) is 2. The number of nitrogens with zero attached hydrogens (tertiary/aromatic N) is 2. The van der Waals surface area contributed by atoms with Crippen LogP contribution in [0.5, 0.6) is 5.75 Å².